The summed E-state index contributed by atoms with van der Waals surface area (Å²) < 4.78 is 24.5. The number of ether oxygens (including phenoxy) is 2. The van der Waals surface area contributed by atoms with Gasteiger partial charge in [-0.1, -0.05) is 48.5 Å². The summed E-state index contributed by atoms with van der Waals surface area (Å²) in [6.07, 6.45) is -2.16. The topological polar surface area (TPSA) is 52.6 Å². The molecule has 0 amide bonds. The van der Waals surface area contributed by atoms with Crippen LogP contribution in [0, 0.1) is 0 Å². The molecule has 0 fully saturated rings. The Kier molecular flexibility index (Phi) is 6.60. The van der Waals surface area contributed by atoms with Crippen LogP contribution in [0.25, 0.3) is 10.8 Å². The molecule has 3 aromatic carbocycles. The number of hydrogen-bond donors (Lipinski definition) is 0. The van der Waals surface area contributed by atoms with Crippen molar-refractivity contribution in [2.75, 3.05) is 13.7 Å². The van der Waals surface area contributed by atoms with Gasteiger partial charge in [0.25, 0.3) is 0 Å². The monoisotopic (exact) mass is 394 g/mol. The number of esters is 1. The SMILES string of the molecule is CCOC(=O)C(F)CC(C(=O)c1ccc2ccccc2c1)c1ccc(OC)cc1. The lowest BCUT2D eigenvalue weighted by atomic mass is 9.86. The molecule has 0 N–H and O–H groups in total. The van der Waals surface area contributed by atoms with E-state index in [-0.39, 0.29) is 18.8 Å². The fourth-order valence-corrected chi connectivity index (χ4v) is 3.31. The van der Waals surface area contributed by atoms with Crippen molar-refractivity contribution in [1.29, 1.82) is 0 Å². The average Bonchev–Trinajstić information content (AvgIpc) is 2.76. The molecule has 0 bridgehead atoms. The van der Waals surface area contributed by atoms with Crippen molar-refractivity contribution in [3.05, 3.63) is 77.9 Å². The van der Waals surface area contributed by atoms with E-state index in [0.29, 0.717) is 16.9 Å². The van der Waals surface area contributed by atoms with Gasteiger partial charge >= 0.3 is 5.97 Å². The minimum Gasteiger partial charge on any atom is -0.497 e. The Hall–Kier alpha value is -3.21. The Balaban J connectivity index is 1.95. The number of methoxy groups -OCH3 is 1. The first kappa shape index (κ1) is 20.5. The van der Waals surface area contributed by atoms with Crippen LogP contribution < -0.4 is 4.74 Å². The lowest BCUT2D eigenvalue weighted by molar-refractivity contribution is -0.149. The molecule has 0 aliphatic rings. The fourth-order valence-electron chi connectivity index (χ4n) is 3.31. The Morgan fingerprint density at radius 1 is 0.966 bits per heavy atom. The smallest absolute Gasteiger partial charge is 0.340 e. The summed E-state index contributed by atoms with van der Waals surface area (Å²) in [5.41, 5.74) is 1.09. The van der Waals surface area contributed by atoms with E-state index in [1.54, 1.807) is 50.4 Å². The molecular formula is C24H23FO4. The highest BCUT2D eigenvalue weighted by molar-refractivity contribution is 6.04. The number of carbonyl (C=O) groups is 2. The van der Waals surface area contributed by atoms with Gasteiger partial charge in [0.2, 0.25) is 0 Å². The maximum atomic E-state index is 14.5. The molecule has 5 heteroatoms. The van der Waals surface area contributed by atoms with Gasteiger partial charge in [-0.2, -0.15) is 0 Å². The maximum Gasteiger partial charge on any atom is 0.340 e. The van der Waals surface area contributed by atoms with Crippen LogP contribution >= 0.6 is 0 Å². The predicted molar refractivity (Wildman–Crippen MR) is 110 cm³/mol. The number of halogens is 1. The molecule has 3 aromatic rings. The number of alkyl halides is 1. The molecule has 150 valence electrons. The number of fused-ring (bicyclic) bond motifs is 1. The molecule has 0 heterocycles. The summed E-state index contributed by atoms with van der Waals surface area (Å²) in [5.74, 6) is -1.38. The first-order chi connectivity index (χ1) is 14.0. The van der Waals surface area contributed by atoms with Crippen molar-refractivity contribution in [1.82, 2.24) is 0 Å². The third-order valence-electron chi connectivity index (χ3n) is 4.85. The zero-order valence-electron chi connectivity index (χ0n) is 16.4. The van der Waals surface area contributed by atoms with Crippen molar-refractivity contribution in [2.45, 2.75) is 25.4 Å². The van der Waals surface area contributed by atoms with E-state index in [1.165, 1.54) is 0 Å². The van der Waals surface area contributed by atoms with E-state index in [1.807, 2.05) is 30.3 Å². The Labute approximate surface area is 169 Å². The lowest BCUT2D eigenvalue weighted by Crippen LogP contribution is -2.25. The lowest BCUT2D eigenvalue weighted by Gasteiger charge is -2.19. The average molecular weight is 394 g/mol. The molecule has 0 saturated heterocycles. The van der Waals surface area contributed by atoms with Crippen LogP contribution in [0.5, 0.6) is 5.75 Å². The number of benzene rings is 3. The Bertz CT molecular complexity index is 997. The van der Waals surface area contributed by atoms with E-state index in [4.69, 9.17) is 9.47 Å². The van der Waals surface area contributed by atoms with E-state index in [9.17, 15) is 14.0 Å². The molecule has 0 aliphatic carbocycles. The number of carbonyl (C=O) groups excluding carboxylic acids is 2. The zero-order chi connectivity index (χ0) is 20.8. The second-order valence-corrected chi connectivity index (χ2v) is 6.71. The molecule has 0 aromatic heterocycles. The minimum atomic E-state index is -1.88. The first-order valence-corrected chi connectivity index (χ1v) is 9.51. The second-order valence-electron chi connectivity index (χ2n) is 6.71. The van der Waals surface area contributed by atoms with Gasteiger partial charge in [0.05, 0.1) is 19.6 Å². The third-order valence-corrected chi connectivity index (χ3v) is 4.85. The van der Waals surface area contributed by atoms with E-state index >= 15 is 0 Å². The number of Topliss-reactive ketones (excluding diaryl/α,β-unsaturated/α-hetero) is 1. The quantitative estimate of drug-likeness (QED) is 0.394. The summed E-state index contributed by atoms with van der Waals surface area (Å²) in [4.78, 5) is 25.1. The minimum absolute atomic E-state index is 0.0884. The molecule has 0 radical (unpaired) electrons. The normalized spacial score (nSPS) is 12.9. The zero-order valence-corrected chi connectivity index (χ0v) is 16.4. The number of rotatable bonds is 8. The summed E-state index contributed by atoms with van der Waals surface area (Å²) in [6.45, 7) is 1.71. The van der Waals surface area contributed by atoms with Crippen LogP contribution in [0.3, 0.4) is 0 Å². The first-order valence-electron chi connectivity index (χ1n) is 9.51. The van der Waals surface area contributed by atoms with Gasteiger partial charge < -0.3 is 9.47 Å². The number of ketones is 1. The fraction of sp³-hybridized carbons (Fsp3) is 0.250. The van der Waals surface area contributed by atoms with E-state index in [0.717, 1.165) is 10.8 Å². The van der Waals surface area contributed by atoms with Gasteiger partial charge in [-0.15, -0.1) is 0 Å². The van der Waals surface area contributed by atoms with Crippen molar-refractivity contribution in [3.63, 3.8) is 0 Å². The van der Waals surface area contributed by atoms with E-state index in [2.05, 4.69) is 0 Å². The molecule has 0 aliphatic heterocycles. The highest BCUT2D eigenvalue weighted by Crippen LogP contribution is 2.30. The van der Waals surface area contributed by atoms with Crippen LogP contribution in [-0.2, 0) is 9.53 Å². The van der Waals surface area contributed by atoms with E-state index < -0.39 is 18.1 Å². The van der Waals surface area contributed by atoms with Crippen LogP contribution in [0.4, 0.5) is 4.39 Å². The molecule has 2 unspecified atom stereocenters. The van der Waals surface area contributed by atoms with Crippen LogP contribution in [0.1, 0.15) is 35.2 Å². The van der Waals surface area contributed by atoms with Crippen molar-refractivity contribution in [3.8, 4) is 5.75 Å². The Morgan fingerprint density at radius 2 is 1.66 bits per heavy atom. The second kappa shape index (κ2) is 9.32. The van der Waals surface area contributed by atoms with Crippen molar-refractivity contribution >= 4 is 22.5 Å². The Morgan fingerprint density at radius 3 is 2.31 bits per heavy atom. The van der Waals surface area contributed by atoms with Gasteiger partial charge in [0.1, 0.15) is 5.75 Å². The maximum absolute atomic E-state index is 14.5. The summed E-state index contributed by atoms with van der Waals surface area (Å²) in [5, 5.41) is 1.94. The molecule has 2 atom stereocenters. The molecule has 3 rings (SSSR count). The van der Waals surface area contributed by atoms with Crippen LogP contribution in [0.2, 0.25) is 0 Å². The summed E-state index contributed by atoms with van der Waals surface area (Å²) in [6, 6.07) is 20.0. The number of hydrogen-bond acceptors (Lipinski definition) is 4. The largest absolute Gasteiger partial charge is 0.497 e. The highest BCUT2D eigenvalue weighted by atomic mass is 19.1. The van der Waals surface area contributed by atoms with Gasteiger partial charge in [-0.25, -0.2) is 9.18 Å². The van der Waals surface area contributed by atoms with Gasteiger partial charge in [-0.05, 0) is 41.5 Å². The van der Waals surface area contributed by atoms with Crippen LogP contribution in [0.15, 0.2) is 66.7 Å². The van der Waals surface area contributed by atoms with Crippen molar-refractivity contribution in [2.24, 2.45) is 0 Å². The summed E-state index contributed by atoms with van der Waals surface area (Å²) >= 11 is 0. The van der Waals surface area contributed by atoms with Crippen molar-refractivity contribution < 1.29 is 23.5 Å². The van der Waals surface area contributed by atoms with Crippen LogP contribution in [-0.4, -0.2) is 31.6 Å². The standard InChI is InChI=1S/C24H23FO4/c1-3-29-24(27)22(25)15-21(17-10-12-20(28-2)13-11-17)23(26)19-9-8-16-6-4-5-7-18(16)14-19/h4-14,21-22H,3,15H2,1-2H3. The third kappa shape index (κ3) is 4.80. The summed E-state index contributed by atoms with van der Waals surface area (Å²) in [7, 11) is 1.55. The molecule has 0 saturated carbocycles. The molecule has 4 nitrogen and oxygen atoms in total. The molecular weight excluding hydrogens is 371 g/mol. The predicted octanol–water partition coefficient (Wildman–Crippen LogP) is 5.11. The van der Waals surface area contributed by atoms with Gasteiger partial charge in [0, 0.05) is 12.0 Å². The molecule has 29 heavy (non-hydrogen) atoms. The van der Waals surface area contributed by atoms with Gasteiger partial charge in [0.15, 0.2) is 12.0 Å². The molecule has 0 spiro atoms. The van der Waals surface area contributed by atoms with Gasteiger partial charge in [-0.3, -0.25) is 4.79 Å². The highest BCUT2D eigenvalue weighted by Gasteiger charge is 2.30.